The fourth-order valence-corrected chi connectivity index (χ4v) is 2.10. The molecule has 0 saturated heterocycles. The Labute approximate surface area is 93.5 Å². The van der Waals surface area contributed by atoms with E-state index in [-0.39, 0.29) is 0 Å². The molecule has 15 heavy (non-hydrogen) atoms. The van der Waals surface area contributed by atoms with Gasteiger partial charge in [0.05, 0.1) is 7.11 Å². The Morgan fingerprint density at radius 1 is 1.00 bits per heavy atom. The lowest BCUT2D eigenvalue weighted by Crippen LogP contribution is -1.98. The highest BCUT2D eigenvalue weighted by Crippen LogP contribution is 2.27. The van der Waals surface area contributed by atoms with Gasteiger partial charge < -0.3 is 4.74 Å². The van der Waals surface area contributed by atoms with Crippen molar-refractivity contribution >= 4 is 0 Å². The van der Waals surface area contributed by atoms with Crippen LogP contribution < -0.4 is 4.74 Å². The summed E-state index contributed by atoms with van der Waals surface area (Å²) in [6.07, 6.45) is 4.57. The molecule has 84 valence electrons. The number of hydrogen-bond acceptors (Lipinski definition) is 1. The third kappa shape index (κ3) is 2.98. The van der Waals surface area contributed by atoms with Crippen molar-refractivity contribution in [2.75, 3.05) is 7.11 Å². The van der Waals surface area contributed by atoms with Gasteiger partial charge >= 0.3 is 0 Å². The summed E-state index contributed by atoms with van der Waals surface area (Å²) < 4.78 is 5.54. The summed E-state index contributed by atoms with van der Waals surface area (Å²) in [6, 6.07) is 4.50. The summed E-state index contributed by atoms with van der Waals surface area (Å²) >= 11 is 0. The van der Waals surface area contributed by atoms with Crippen LogP contribution in [0, 0.1) is 6.92 Å². The van der Waals surface area contributed by atoms with Crippen molar-refractivity contribution in [2.24, 2.45) is 0 Å². The highest BCUT2D eigenvalue weighted by molar-refractivity contribution is 5.44. The second kappa shape index (κ2) is 5.79. The summed E-state index contributed by atoms with van der Waals surface area (Å²) in [5.41, 5.74) is 4.08. The van der Waals surface area contributed by atoms with E-state index < -0.39 is 0 Å². The minimum Gasteiger partial charge on any atom is -0.496 e. The maximum absolute atomic E-state index is 5.54. The number of rotatable bonds is 5. The standard InChI is InChI=1S/C14H22O/c1-5-7-12-9-11(3)10-13(8-6-2)14(12)15-4/h9-10H,5-8H2,1-4H3. The van der Waals surface area contributed by atoms with E-state index in [4.69, 9.17) is 4.74 Å². The first-order chi connectivity index (χ1) is 7.22. The zero-order valence-corrected chi connectivity index (χ0v) is 10.4. The van der Waals surface area contributed by atoms with E-state index in [2.05, 4.69) is 32.9 Å². The minimum absolute atomic E-state index is 1.11. The number of methoxy groups -OCH3 is 1. The van der Waals surface area contributed by atoms with Crippen LogP contribution in [0.5, 0.6) is 5.75 Å². The van der Waals surface area contributed by atoms with Gasteiger partial charge in [0, 0.05) is 0 Å². The van der Waals surface area contributed by atoms with Gasteiger partial charge in [-0.3, -0.25) is 0 Å². The van der Waals surface area contributed by atoms with Crippen LogP contribution in [0.15, 0.2) is 12.1 Å². The highest BCUT2D eigenvalue weighted by Gasteiger charge is 2.08. The summed E-state index contributed by atoms with van der Waals surface area (Å²) in [6.45, 7) is 6.58. The summed E-state index contributed by atoms with van der Waals surface area (Å²) in [5.74, 6) is 1.12. The van der Waals surface area contributed by atoms with Gasteiger partial charge in [-0.05, 0) is 30.9 Å². The first kappa shape index (κ1) is 12.1. The molecule has 0 aliphatic rings. The third-order valence-corrected chi connectivity index (χ3v) is 2.63. The van der Waals surface area contributed by atoms with Crippen molar-refractivity contribution in [3.8, 4) is 5.75 Å². The third-order valence-electron chi connectivity index (χ3n) is 2.63. The lowest BCUT2D eigenvalue weighted by molar-refractivity contribution is 0.404. The van der Waals surface area contributed by atoms with Crippen molar-refractivity contribution in [1.29, 1.82) is 0 Å². The molecule has 0 unspecified atom stereocenters. The smallest absolute Gasteiger partial charge is 0.125 e. The predicted octanol–water partition coefficient (Wildman–Crippen LogP) is 3.91. The SMILES string of the molecule is CCCc1cc(C)cc(CCC)c1OC. The maximum atomic E-state index is 5.54. The van der Waals surface area contributed by atoms with Gasteiger partial charge in [0.25, 0.3) is 0 Å². The number of aryl methyl sites for hydroxylation is 3. The van der Waals surface area contributed by atoms with E-state index in [1.165, 1.54) is 29.5 Å². The Bertz CT molecular complexity index is 288. The van der Waals surface area contributed by atoms with Crippen molar-refractivity contribution in [1.82, 2.24) is 0 Å². The molecule has 0 aromatic heterocycles. The molecule has 0 spiro atoms. The van der Waals surface area contributed by atoms with Crippen LogP contribution in [0.2, 0.25) is 0 Å². The first-order valence-electron chi connectivity index (χ1n) is 5.89. The average molecular weight is 206 g/mol. The van der Waals surface area contributed by atoms with Gasteiger partial charge in [-0.15, -0.1) is 0 Å². The number of hydrogen-bond donors (Lipinski definition) is 0. The Morgan fingerprint density at radius 3 is 1.80 bits per heavy atom. The highest BCUT2D eigenvalue weighted by atomic mass is 16.5. The molecule has 0 N–H and O–H groups in total. The zero-order valence-electron chi connectivity index (χ0n) is 10.4. The topological polar surface area (TPSA) is 9.23 Å². The van der Waals surface area contributed by atoms with E-state index in [9.17, 15) is 0 Å². The Kier molecular flexibility index (Phi) is 4.67. The molecular weight excluding hydrogens is 184 g/mol. The summed E-state index contributed by atoms with van der Waals surface area (Å²) in [4.78, 5) is 0. The van der Waals surface area contributed by atoms with Gasteiger partial charge in [0.15, 0.2) is 0 Å². The van der Waals surface area contributed by atoms with Gasteiger partial charge in [-0.25, -0.2) is 0 Å². The van der Waals surface area contributed by atoms with Crippen LogP contribution in [0.3, 0.4) is 0 Å². The molecular formula is C14H22O. The van der Waals surface area contributed by atoms with Crippen LogP contribution in [0.1, 0.15) is 43.4 Å². The second-order valence-corrected chi connectivity index (χ2v) is 4.12. The average Bonchev–Trinajstić information content (AvgIpc) is 2.18. The summed E-state index contributed by atoms with van der Waals surface area (Å²) in [5, 5.41) is 0. The van der Waals surface area contributed by atoms with E-state index >= 15 is 0 Å². The molecule has 0 aliphatic heterocycles. The summed E-state index contributed by atoms with van der Waals surface area (Å²) in [7, 11) is 1.78. The minimum atomic E-state index is 1.11. The maximum Gasteiger partial charge on any atom is 0.125 e. The Balaban J connectivity index is 3.12. The predicted molar refractivity (Wildman–Crippen MR) is 65.7 cm³/mol. The van der Waals surface area contributed by atoms with Gasteiger partial charge in [-0.2, -0.15) is 0 Å². The molecule has 0 fully saturated rings. The fourth-order valence-electron chi connectivity index (χ4n) is 2.10. The van der Waals surface area contributed by atoms with E-state index in [0.717, 1.165) is 18.6 Å². The van der Waals surface area contributed by atoms with Crippen molar-refractivity contribution in [2.45, 2.75) is 46.5 Å². The molecule has 1 rings (SSSR count). The molecule has 0 atom stereocenters. The van der Waals surface area contributed by atoms with E-state index in [1.807, 2.05) is 0 Å². The van der Waals surface area contributed by atoms with Crippen LogP contribution in [-0.4, -0.2) is 7.11 Å². The van der Waals surface area contributed by atoms with Gasteiger partial charge in [0.1, 0.15) is 5.75 Å². The largest absolute Gasteiger partial charge is 0.496 e. The molecule has 1 aromatic rings. The fraction of sp³-hybridized carbons (Fsp3) is 0.571. The molecule has 1 heteroatoms. The molecule has 1 aromatic carbocycles. The van der Waals surface area contributed by atoms with Crippen molar-refractivity contribution in [3.05, 3.63) is 28.8 Å². The van der Waals surface area contributed by atoms with E-state index in [0.29, 0.717) is 0 Å². The number of benzene rings is 1. The van der Waals surface area contributed by atoms with Gasteiger partial charge in [0.2, 0.25) is 0 Å². The molecule has 0 bridgehead atoms. The lowest BCUT2D eigenvalue weighted by Gasteiger charge is -2.14. The van der Waals surface area contributed by atoms with Crippen LogP contribution >= 0.6 is 0 Å². The van der Waals surface area contributed by atoms with Crippen LogP contribution in [0.4, 0.5) is 0 Å². The molecule has 0 amide bonds. The quantitative estimate of drug-likeness (QED) is 0.709. The molecule has 1 nitrogen and oxygen atoms in total. The first-order valence-corrected chi connectivity index (χ1v) is 5.89. The lowest BCUT2D eigenvalue weighted by atomic mass is 9.99. The second-order valence-electron chi connectivity index (χ2n) is 4.12. The van der Waals surface area contributed by atoms with Crippen LogP contribution in [0.25, 0.3) is 0 Å². The monoisotopic (exact) mass is 206 g/mol. The van der Waals surface area contributed by atoms with Crippen molar-refractivity contribution < 1.29 is 4.74 Å². The zero-order chi connectivity index (χ0) is 11.3. The van der Waals surface area contributed by atoms with Crippen molar-refractivity contribution in [3.63, 3.8) is 0 Å². The number of ether oxygens (including phenoxy) is 1. The normalized spacial score (nSPS) is 10.4. The molecule has 0 saturated carbocycles. The molecule has 0 radical (unpaired) electrons. The van der Waals surface area contributed by atoms with Crippen LogP contribution in [-0.2, 0) is 12.8 Å². The molecule has 0 heterocycles. The molecule has 0 aliphatic carbocycles. The Morgan fingerprint density at radius 2 is 1.47 bits per heavy atom. The van der Waals surface area contributed by atoms with Gasteiger partial charge in [-0.1, -0.05) is 44.4 Å². The van der Waals surface area contributed by atoms with E-state index in [1.54, 1.807) is 7.11 Å². The Hall–Kier alpha value is -0.980.